The summed E-state index contributed by atoms with van der Waals surface area (Å²) >= 11 is 0. The molecule has 20 heavy (non-hydrogen) atoms. The van der Waals surface area contributed by atoms with Crippen molar-refractivity contribution in [1.82, 2.24) is 0 Å². The fraction of sp³-hybridized carbons (Fsp3) is 1.00. The Morgan fingerprint density at radius 1 is 1.10 bits per heavy atom. The van der Waals surface area contributed by atoms with Gasteiger partial charge in [-0.1, -0.05) is 40.5 Å². The van der Waals surface area contributed by atoms with E-state index >= 15 is 0 Å². The minimum absolute atomic E-state index is 0.000803. The Labute approximate surface area is 125 Å². The fourth-order valence-corrected chi connectivity index (χ4v) is 4.91. The molecule has 0 aromatic rings. The van der Waals surface area contributed by atoms with Gasteiger partial charge in [-0.25, -0.2) is 0 Å². The smallest absolute Gasteiger partial charge is 0.0716 e. The highest BCUT2D eigenvalue weighted by Crippen LogP contribution is 2.54. The van der Waals surface area contributed by atoms with Gasteiger partial charge in [0.1, 0.15) is 0 Å². The fourth-order valence-electron chi connectivity index (χ4n) is 4.91. The number of hydrogen-bond acceptors (Lipinski definition) is 2. The van der Waals surface area contributed by atoms with Gasteiger partial charge in [0.25, 0.3) is 0 Å². The summed E-state index contributed by atoms with van der Waals surface area (Å²) in [7, 11) is 0. The molecular formula is C18H35NO. The first kappa shape index (κ1) is 16.3. The third-order valence-electron chi connectivity index (χ3n) is 6.51. The molecule has 0 bridgehead atoms. The van der Waals surface area contributed by atoms with Crippen LogP contribution in [0.3, 0.4) is 0 Å². The zero-order valence-corrected chi connectivity index (χ0v) is 14.0. The Hall–Kier alpha value is -0.0800. The minimum Gasteiger partial charge on any atom is -0.389 e. The summed E-state index contributed by atoms with van der Waals surface area (Å²) in [6.07, 6.45) is 9.00. The molecule has 0 aliphatic heterocycles. The van der Waals surface area contributed by atoms with E-state index in [4.69, 9.17) is 5.73 Å². The van der Waals surface area contributed by atoms with E-state index in [2.05, 4.69) is 27.7 Å². The first-order valence-electron chi connectivity index (χ1n) is 8.65. The summed E-state index contributed by atoms with van der Waals surface area (Å²) < 4.78 is 0. The average molecular weight is 281 g/mol. The van der Waals surface area contributed by atoms with Gasteiger partial charge in [-0.05, 0) is 55.8 Å². The van der Waals surface area contributed by atoms with Gasteiger partial charge in [0.2, 0.25) is 0 Å². The van der Waals surface area contributed by atoms with Crippen molar-refractivity contribution in [3.05, 3.63) is 0 Å². The second-order valence-corrected chi connectivity index (χ2v) is 8.86. The highest BCUT2D eigenvalue weighted by Gasteiger charge is 2.52. The lowest BCUT2D eigenvalue weighted by molar-refractivity contribution is -0.0920. The quantitative estimate of drug-likeness (QED) is 0.748. The van der Waals surface area contributed by atoms with Crippen LogP contribution in [0.5, 0.6) is 0 Å². The average Bonchev–Trinajstić information content (AvgIpc) is 2.62. The van der Waals surface area contributed by atoms with Crippen LogP contribution in [0, 0.1) is 22.7 Å². The zero-order valence-electron chi connectivity index (χ0n) is 14.0. The van der Waals surface area contributed by atoms with Crippen LogP contribution < -0.4 is 5.73 Å². The number of aliphatic hydroxyl groups is 1. The molecule has 0 spiro atoms. The van der Waals surface area contributed by atoms with Gasteiger partial charge in [-0.15, -0.1) is 0 Å². The minimum atomic E-state index is -0.507. The monoisotopic (exact) mass is 281 g/mol. The Kier molecular flexibility index (Phi) is 4.57. The molecule has 4 atom stereocenters. The zero-order chi connectivity index (χ0) is 15.0. The van der Waals surface area contributed by atoms with Crippen LogP contribution in [0.1, 0.15) is 79.1 Å². The number of nitrogens with two attached hydrogens (primary N) is 1. The van der Waals surface area contributed by atoms with Gasteiger partial charge in [-0.3, -0.25) is 0 Å². The van der Waals surface area contributed by atoms with Gasteiger partial charge in [0, 0.05) is 12.0 Å². The van der Waals surface area contributed by atoms with E-state index in [0.717, 1.165) is 50.4 Å². The molecule has 118 valence electrons. The van der Waals surface area contributed by atoms with Crippen molar-refractivity contribution in [1.29, 1.82) is 0 Å². The molecule has 0 aromatic heterocycles. The molecule has 0 radical (unpaired) electrons. The van der Waals surface area contributed by atoms with Crippen LogP contribution >= 0.6 is 0 Å². The van der Waals surface area contributed by atoms with E-state index in [9.17, 15) is 5.11 Å². The summed E-state index contributed by atoms with van der Waals surface area (Å²) in [6.45, 7) is 10.0. The molecule has 2 fully saturated rings. The molecule has 2 heteroatoms. The van der Waals surface area contributed by atoms with Crippen molar-refractivity contribution in [2.45, 2.75) is 84.7 Å². The predicted molar refractivity (Wildman–Crippen MR) is 85.5 cm³/mol. The second kappa shape index (κ2) is 5.61. The molecule has 0 amide bonds. The number of rotatable bonds is 2. The van der Waals surface area contributed by atoms with E-state index in [1.54, 1.807) is 0 Å². The topological polar surface area (TPSA) is 46.2 Å². The molecule has 0 saturated heterocycles. The maximum atomic E-state index is 11.4. The molecule has 2 saturated carbocycles. The maximum Gasteiger partial charge on any atom is 0.0716 e. The predicted octanol–water partition coefficient (Wildman–Crippen LogP) is 4.11. The van der Waals surface area contributed by atoms with E-state index in [0.29, 0.717) is 12.0 Å². The van der Waals surface area contributed by atoms with Crippen LogP contribution in [0.25, 0.3) is 0 Å². The summed E-state index contributed by atoms with van der Waals surface area (Å²) in [6, 6.07) is 0. The van der Waals surface area contributed by atoms with Crippen LogP contribution in [-0.4, -0.2) is 17.3 Å². The van der Waals surface area contributed by atoms with Gasteiger partial charge in [-0.2, -0.15) is 0 Å². The Morgan fingerprint density at radius 2 is 1.80 bits per heavy atom. The molecule has 0 heterocycles. The molecule has 2 aliphatic rings. The Bertz CT molecular complexity index is 335. The van der Waals surface area contributed by atoms with Gasteiger partial charge >= 0.3 is 0 Å². The van der Waals surface area contributed by atoms with Crippen molar-refractivity contribution in [2.24, 2.45) is 28.4 Å². The molecule has 2 rings (SSSR count). The van der Waals surface area contributed by atoms with Crippen molar-refractivity contribution in [3.63, 3.8) is 0 Å². The van der Waals surface area contributed by atoms with Crippen LogP contribution in [0.2, 0.25) is 0 Å². The van der Waals surface area contributed by atoms with Crippen molar-refractivity contribution >= 4 is 0 Å². The SMILES string of the molecule is CC1CCC(CN)(C2(O)CCCC(C(C)(C)C)CC2)C1. The van der Waals surface area contributed by atoms with Crippen LogP contribution in [0.4, 0.5) is 0 Å². The van der Waals surface area contributed by atoms with Gasteiger partial charge in [0.05, 0.1) is 5.60 Å². The van der Waals surface area contributed by atoms with Gasteiger partial charge in [0.15, 0.2) is 0 Å². The lowest BCUT2D eigenvalue weighted by Gasteiger charge is -2.45. The van der Waals surface area contributed by atoms with Crippen molar-refractivity contribution in [3.8, 4) is 0 Å². The van der Waals surface area contributed by atoms with E-state index in [1.165, 1.54) is 12.8 Å². The Balaban J connectivity index is 2.14. The standard InChI is InChI=1S/C18H35NO/c1-14-7-10-17(12-14,13-19)18(20)9-5-6-15(8-11-18)16(2,3)4/h14-15,20H,5-13,19H2,1-4H3. The molecule has 2 nitrogen and oxygen atoms in total. The molecule has 0 aromatic carbocycles. The molecule has 3 N–H and O–H groups in total. The third kappa shape index (κ3) is 2.92. The first-order valence-corrected chi connectivity index (χ1v) is 8.65. The van der Waals surface area contributed by atoms with Crippen molar-refractivity contribution in [2.75, 3.05) is 6.54 Å². The molecule has 4 unspecified atom stereocenters. The number of hydrogen-bond donors (Lipinski definition) is 2. The van der Waals surface area contributed by atoms with E-state index in [-0.39, 0.29) is 5.41 Å². The summed E-state index contributed by atoms with van der Waals surface area (Å²) in [5.74, 6) is 1.47. The molecular weight excluding hydrogens is 246 g/mol. The lowest BCUT2D eigenvalue weighted by Crippen LogP contribution is -2.51. The van der Waals surface area contributed by atoms with E-state index in [1.807, 2.05) is 0 Å². The highest BCUT2D eigenvalue weighted by molar-refractivity contribution is 5.04. The Morgan fingerprint density at radius 3 is 2.30 bits per heavy atom. The lowest BCUT2D eigenvalue weighted by atomic mass is 9.66. The summed E-state index contributed by atoms with van der Waals surface area (Å²) in [4.78, 5) is 0. The first-order chi connectivity index (χ1) is 9.22. The summed E-state index contributed by atoms with van der Waals surface area (Å²) in [5.41, 5.74) is 6.02. The normalized spacial score (nSPS) is 43.5. The largest absolute Gasteiger partial charge is 0.389 e. The van der Waals surface area contributed by atoms with Crippen LogP contribution in [0.15, 0.2) is 0 Å². The second-order valence-electron chi connectivity index (χ2n) is 8.86. The maximum absolute atomic E-state index is 11.4. The van der Waals surface area contributed by atoms with Crippen LogP contribution in [-0.2, 0) is 0 Å². The highest BCUT2D eigenvalue weighted by atomic mass is 16.3. The molecule has 2 aliphatic carbocycles. The van der Waals surface area contributed by atoms with Crippen molar-refractivity contribution < 1.29 is 5.11 Å². The third-order valence-corrected chi connectivity index (χ3v) is 6.51. The van der Waals surface area contributed by atoms with Gasteiger partial charge < -0.3 is 10.8 Å². The van der Waals surface area contributed by atoms with E-state index < -0.39 is 5.60 Å². The summed E-state index contributed by atoms with van der Waals surface area (Å²) in [5, 5.41) is 11.4.